The van der Waals surface area contributed by atoms with E-state index in [2.05, 4.69) is 23.9 Å². The molecule has 0 aliphatic heterocycles. The largest absolute Gasteiger partial charge is 0.297 e. The topological polar surface area (TPSA) is 50.2 Å². The maximum absolute atomic E-state index is 11.8. The average Bonchev–Trinajstić information content (AvgIpc) is 2.61. The molecule has 0 atom stereocenters. The molecule has 1 N–H and O–H groups in total. The Morgan fingerprint density at radius 2 is 1.94 bits per heavy atom. The summed E-state index contributed by atoms with van der Waals surface area (Å²) in [5, 5.41) is 2.95. The van der Waals surface area contributed by atoms with Crippen LogP contribution >= 0.6 is 0 Å². The molecule has 4 nitrogen and oxygen atoms in total. The number of H-pyrrole nitrogens is 1. The van der Waals surface area contributed by atoms with Gasteiger partial charge in [0.25, 0.3) is 5.56 Å². The van der Waals surface area contributed by atoms with E-state index >= 15 is 0 Å². The molecule has 0 amide bonds. The molecule has 2 heterocycles. The van der Waals surface area contributed by atoms with Crippen LogP contribution in [0.25, 0.3) is 5.65 Å². The van der Waals surface area contributed by atoms with E-state index in [-0.39, 0.29) is 11.5 Å². The van der Waals surface area contributed by atoms with Gasteiger partial charge in [-0.05, 0) is 11.8 Å². The maximum Gasteiger partial charge on any atom is 0.272 e. The molecule has 0 saturated carbocycles. The van der Waals surface area contributed by atoms with E-state index in [0.717, 1.165) is 16.9 Å². The normalized spacial score (nSPS) is 11.9. The summed E-state index contributed by atoms with van der Waals surface area (Å²) in [4.78, 5) is 16.4. The first-order valence-electron chi connectivity index (χ1n) is 5.61. The first kappa shape index (κ1) is 10.9. The fourth-order valence-electron chi connectivity index (χ4n) is 1.74. The van der Waals surface area contributed by atoms with Crippen LogP contribution < -0.4 is 5.56 Å². The van der Waals surface area contributed by atoms with Gasteiger partial charge in [0, 0.05) is 17.8 Å². The van der Waals surface area contributed by atoms with Crippen LogP contribution in [0.15, 0.2) is 17.1 Å². The summed E-state index contributed by atoms with van der Waals surface area (Å²) in [6, 6.07) is 1.60. The molecule has 0 aliphatic carbocycles. The standard InChI is InChI=1S/C12H17N3O/c1-7(2)9-6-13-15-11(16)5-10(8(3)4)14-12(9)15/h5-8,13H,1-4H3. The SMILES string of the molecule is CC(C)c1cc(=O)n2[nH]cc(C(C)C)c2n1. The minimum Gasteiger partial charge on any atom is -0.297 e. The van der Waals surface area contributed by atoms with Gasteiger partial charge < -0.3 is 0 Å². The highest BCUT2D eigenvalue weighted by Crippen LogP contribution is 2.19. The lowest BCUT2D eigenvalue weighted by molar-refractivity contribution is 0.793. The van der Waals surface area contributed by atoms with Crippen molar-refractivity contribution in [2.45, 2.75) is 39.5 Å². The molecule has 2 aromatic heterocycles. The summed E-state index contributed by atoms with van der Waals surface area (Å²) >= 11 is 0. The third kappa shape index (κ3) is 1.64. The Morgan fingerprint density at radius 1 is 1.25 bits per heavy atom. The molecular formula is C12H17N3O. The summed E-state index contributed by atoms with van der Waals surface area (Å²) in [5.74, 6) is 0.628. The van der Waals surface area contributed by atoms with E-state index in [1.165, 1.54) is 4.52 Å². The lowest BCUT2D eigenvalue weighted by Gasteiger charge is -2.06. The number of fused-ring (bicyclic) bond motifs is 1. The molecular weight excluding hydrogens is 202 g/mol. The van der Waals surface area contributed by atoms with Gasteiger partial charge in [0.2, 0.25) is 0 Å². The Labute approximate surface area is 94.3 Å². The summed E-state index contributed by atoms with van der Waals surface area (Å²) in [6.07, 6.45) is 1.86. The number of nitrogens with one attached hydrogen (secondary N) is 1. The van der Waals surface area contributed by atoms with Crippen molar-refractivity contribution in [3.05, 3.63) is 33.9 Å². The van der Waals surface area contributed by atoms with Crippen molar-refractivity contribution in [2.24, 2.45) is 0 Å². The van der Waals surface area contributed by atoms with E-state index < -0.39 is 0 Å². The maximum atomic E-state index is 11.8. The lowest BCUT2D eigenvalue weighted by atomic mass is 10.1. The van der Waals surface area contributed by atoms with Crippen LogP contribution in [0.4, 0.5) is 0 Å². The van der Waals surface area contributed by atoms with E-state index in [0.29, 0.717) is 5.92 Å². The lowest BCUT2D eigenvalue weighted by Crippen LogP contribution is -2.16. The highest BCUT2D eigenvalue weighted by molar-refractivity contribution is 5.48. The molecule has 2 aromatic rings. The minimum absolute atomic E-state index is 0.0411. The summed E-state index contributed by atoms with van der Waals surface area (Å²) in [6.45, 7) is 8.27. The van der Waals surface area contributed by atoms with Crippen LogP contribution in [-0.4, -0.2) is 14.6 Å². The molecule has 0 fully saturated rings. The van der Waals surface area contributed by atoms with Gasteiger partial charge in [0.1, 0.15) is 0 Å². The predicted molar refractivity (Wildman–Crippen MR) is 64.0 cm³/mol. The number of aromatic nitrogens is 3. The van der Waals surface area contributed by atoms with Gasteiger partial charge in [-0.25, -0.2) is 9.50 Å². The summed E-state index contributed by atoms with van der Waals surface area (Å²) in [7, 11) is 0. The third-order valence-electron chi connectivity index (χ3n) is 2.76. The fourth-order valence-corrected chi connectivity index (χ4v) is 1.74. The molecule has 16 heavy (non-hydrogen) atoms. The van der Waals surface area contributed by atoms with Crippen molar-refractivity contribution < 1.29 is 0 Å². The number of aromatic amines is 1. The van der Waals surface area contributed by atoms with Crippen LogP contribution in [-0.2, 0) is 0 Å². The zero-order valence-corrected chi connectivity index (χ0v) is 10.1. The monoisotopic (exact) mass is 219 g/mol. The summed E-state index contributed by atoms with van der Waals surface area (Å²) < 4.78 is 1.50. The summed E-state index contributed by atoms with van der Waals surface area (Å²) in [5.41, 5.74) is 2.65. The molecule has 0 bridgehead atoms. The molecule has 0 unspecified atom stereocenters. The van der Waals surface area contributed by atoms with Crippen molar-refractivity contribution in [3.63, 3.8) is 0 Å². The van der Waals surface area contributed by atoms with Crippen molar-refractivity contribution >= 4 is 5.65 Å². The van der Waals surface area contributed by atoms with Crippen LogP contribution in [0, 0.1) is 0 Å². The molecule has 0 saturated heterocycles. The number of rotatable bonds is 2. The average molecular weight is 219 g/mol. The Balaban J connectivity index is 2.76. The zero-order chi connectivity index (χ0) is 11.9. The van der Waals surface area contributed by atoms with Crippen LogP contribution in [0.3, 0.4) is 0 Å². The first-order chi connectivity index (χ1) is 7.50. The van der Waals surface area contributed by atoms with Gasteiger partial charge in [-0.2, -0.15) is 0 Å². The fraction of sp³-hybridized carbons (Fsp3) is 0.500. The van der Waals surface area contributed by atoms with Gasteiger partial charge in [-0.15, -0.1) is 0 Å². The third-order valence-corrected chi connectivity index (χ3v) is 2.76. The second-order valence-electron chi connectivity index (χ2n) is 4.72. The van der Waals surface area contributed by atoms with Gasteiger partial charge in [0.15, 0.2) is 5.65 Å². The van der Waals surface area contributed by atoms with E-state index in [1.54, 1.807) is 6.07 Å². The van der Waals surface area contributed by atoms with Gasteiger partial charge in [0.05, 0.1) is 5.69 Å². The van der Waals surface area contributed by atoms with Crippen LogP contribution in [0.2, 0.25) is 0 Å². The van der Waals surface area contributed by atoms with Gasteiger partial charge in [-0.1, -0.05) is 27.7 Å². The molecule has 86 valence electrons. The molecule has 0 aromatic carbocycles. The Kier molecular flexibility index (Phi) is 2.58. The van der Waals surface area contributed by atoms with Gasteiger partial charge in [-0.3, -0.25) is 9.89 Å². The molecule has 4 heteroatoms. The van der Waals surface area contributed by atoms with Crippen LogP contribution in [0.5, 0.6) is 0 Å². The van der Waals surface area contributed by atoms with Crippen LogP contribution in [0.1, 0.15) is 50.8 Å². The van der Waals surface area contributed by atoms with Crippen molar-refractivity contribution in [3.8, 4) is 0 Å². The number of hydrogen-bond acceptors (Lipinski definition) is 2. The van der Waals surface area contributed by atoms with E-state index in [4.69, 9.17) is 0 Å². The van der Waals surface area contributed by atoms with Crippen molar-refractivity contribution in [2.75, 3.05) is 0 Å². The second-order valence-corrected chi connectivity index (χ2v) is 4.72. The molecule has 0 aliphatic rings. The highest BCUT2D eigenvalue weighted by atomic mass is 16.1. The molecule has 2 rings (SSSR count). The first-order valence-corrected chi connectivity index (χ1v) is 5.61. The Morgan fingerprint density at radius 3 is 2.50 bits per heavy atom. The van der Waals surface area contributed by atoms with Gasteiger partial charge >= 0.3 is 0 Å². The number of nitrogens with zero attached hydrogens (tertiary/aromatic N) is 2. The Bertz CT molecular complexity index is 563. The Hall–Kier alpha value is -1.58. The zero-order valence-electron chi connectivity index (χ0n) is 10.1. The smallest absolute Gasteiger partial charge is 0.272 e. The highest BCUT2D eigenvalue weighted by Gasteiger charge is 2.12. The van der Waals surface area contributed by atoms with E-state index in [9.17, 15) is 4.79 Å². The number of hydrogen-bond donors (Lipinski definition) is 1. The van der Waals surface area contributed by atoms with E-state index in [1.807, 2.05) is 20.0 Å². The molecule has 0 radical (unpaired) electrons. The van der Waals surface area contributed by atoms with Crippen molar-refractivity contribution in [1.82, 2.24) is 14.6 Å². The second kappa shape index (κ2) is 3.77. The quantitative estimate of drug-likeness (QED) is 0.842. The van der Waals surface area contributed by atoms with Crippen molar-refractivity contribution in [1.29, 1.82) is 0 Å². The minimum atomic E-state index is -0.0411. The predicted octanol–water partition coefficient (Wildman–Crippen LogP) is 2.27. The molecule has 0 spiro atoms.